The van der Waals surface area contributed by atoms with Crippen molar-refractivity contribution in [2.24, 2.45) is 0 Å². The molecule has 11 heteroatoms. The van der Waals surface area contributed by atoms with Gasteiger partial charge in [-0.25, -0.2) is 19.9 Å². The summed E-state index contributed by atoms with van der Waals surface area (Å²) in [5.74, 6) is 3.61. The number of hydrogen-bond acceptors (Lipinski definition) is 4. The average molecular weight is 1560 g/mol. The van der Waals surface area contributed by atoms with Crippen molar-refractivity contribution in [1.29, 1.82) is 0 Å². The third-order valence-corrected chi connectivity index (χ3v) is 22.7. The average Bonchev–Trinajstić information content (AvgIpc) is 1.57. The second kappa shape index (κ2) is 20.8. The van der Waals surface area contributed by atoms with E-state index in [0.29, 0.717) is 0 Å². The molecule has 20 rings (SSSR count). The molecule has 8 aromatic heterocycles. The first-order chi connectivity index (χ1) is 44.2. The van der Waals surface area contributed by atoms with Gasteiger partial charge in [-0.2, -0.15) is 70.0 Å². The fraction of sp³-hybridized carbons (Fsp3) is 0.0617. The van der Waals surface area contributed by atoms with E-state index in [1.165, 1.54) is 96.6 Å². The molecule has 0 atom stereocenters. The summed E-state index contributed by atoms with van der Waals surface area (Å²) in [7, 11) is -2.34. The summed E-state index contributed by atoms with van der Waals surface area (Å²) in [6.07, 6.45) is 7.46. The molecule has 0 spiro atoms. The Morgan fingerprint density at radius 1 is 0.293 bits per heavy atom. The zero-order valence-corrected chi connectivity index (χ0v) is 55.8. The molecule has 20 aromatic rings. The molecule has 0 N–H and O–H groups in total. The van der Waals surface area contributed by atoms with Crippen LogP contribution in [0.2, 0.25) is 13.1 Å². The Hall–Kier alpha value is -9.89. The largest absolute Gasteiger partial charge is 2.00 e. The van der Waals surface area contributed by atoms with Crippen molar-refractivity contribution < 1.29 is 42.1 Å². The van der Waals surface area contributed by atoms with E-state index < -0.39 is 13.5 Å². The van der Waals surface area contributed by atoms with Crippen molar-refractivity contribution in [2.75, 3.05) is 0 Å². The smallest absolute Gasteiger partial charge is 0.319 e. The molecular formula is C81H52N8Pt2Si. The topological polar surface area (TPSA) is 71.3 Å². The minimum atomic E-state index is -2.34. The molecule has 8 nitrogen and oxygen atoms in total. The van der Waals surface area contributed by atoms with Crippen molar-refractivity contribution in [2.45, 2.75) is 32.4 Å². The Kier molecular flexibility index (Phi) is 12.7. The van der Waals surface area contributed by atoms with E-state index in [0.717, 1.165) is 78.5 Å². The van der Waals surface area contributed by atoms with Crippen molar-refractivity contribution in [3.8, 4) is 23.3 Å². The Morgan fingerprint density at radius 2 is 0.565 bits per heavy atom. The molecule has 0 aliphatic carbocycles. The molecule has 0 aliphatic heterocycles. The fourth-order valence-electron chi connectivity index (χ4n) is 15.0. The van der Waals surface area contributed by atoms with E-state index in [-0.39, 0.29) is 42.1 Å². The normalized spacial score (nSPS) is 12.4. The van der Waals surface area contributed by atoms with Crippen LogP contribution in [0.3, 0.4) is 0 Å². The van der Waals surface area contributed by atoms with Gasteiger partial charge in [0.1, 0.15) is 23.3 Å². The standard InChI is InChI=1S/C41H26N4.C40H26N4Si.2Pt/c1-41(2,29-21-27-17-15-25-9-7-11-31-37(25)39(27)33(23-29)44(31)35-13-3-5-19-42-35)30-22-28-18-16-26-10-8-12-32-38(26)40(28)34(24-30)45(32)36-14-4-6-20-43-36;1-45(2,29-21-27-17-15-25-9-7-11-31-37(25)39(27)33(23-29)43(31)35-13-3-5-19-41-35)30-22-28-18-16-26-10-8-12-32-38(26)40(28)34(24-30)44(32)36-14-4-6-20-42-36;;/h2*3-22H,1-2H3;;/q2*-2;2*+2. The Balaban J connectivity index is 0.000000138. The van der Waals surface area contributed by atoms with Crippen LogP contribution in [-0.2, 0) is 47.5 Å². The van der Waals surface area contributed by atoms with Crippen LogP contribution < -0.4 is 10.4 Å². The van der Waals surface area contributed by atoms with Crippen molar-refractivity contribution >= 4 is 149 Å². The van der Waals surface area contributed by atoms with Gasteiger partial charge in [0.2, 0.25) is 0 Å². The van der Waals surface area contributed by atoms with Crippen LogP contribution in [0.15, 0.2) is 243 Å². The van der Waals surface area contributed by atoms with Crippen LogP contribution in [0.1, 0.15) is 25.0 Å². The van der Waals surface area contributed by atoms with Crippen molar-refractivity contribution in [3.63, 3.8) is 0 Å². The van der Waals surface area contributed by atoms with Gasteiger partial charge < -0.3 is 18.3 Å². The van der Waals surface area contributed by atoms with Crippen LogP contribution in [-0.4, -0.2) is 46.3 Å². The molecule has 0 saturated heterocycles. The zero-order chi connectivity index (χ0) is 59.7. The van der Waals surface area contributed by atoms with E-state index in [2.05, 4.69) is 251 Å². The van der Waals surface area contributed by atoms with E-state index in [9.17, 15) is 0 Å². The van der Waals surface area contributed by atoms with Gasteiger partial charge in [0.25, 0.3) is 0 Å². The molecule has 0 aliphatic rings. The van der Waals surface area contributed by atoms with E-state index >= 15 is 0 Å². The molecule has 0 bridgehead atoms. The van der Waals surface area contributed by atoms with Crippen LogP contribution in [0, 0.1) is 24.3 Å². The molecule has 0 amide bonds. The molecule has 12 aromatic carbocycles. The minimum Gasteiger partial charge on any atom is -0.319 e. The van der Waals surface area contributed by atoms with Crippen molar-refractivity contribution in [1.82, 2.24) is 38.2 Å². The van der Waals surface area contributed by atoms with Gasteiger partial charge in [-0.05, 0) is 121 Å². The first kappa shape index (κ1) is 56.1. The predicted octanol–water partition coefficient (Wildman–Crippen LogP) is 18.0. The maximum Gasteiger partial charge on any atom is 2.00 e. The summed E-state index contributed by atoms with van der Waals surface area (Å²) >= 11 is 0. The SMILES string of the molecule is CC(C)(c1[c-]c2c3c(ccc4cccc(c43)n2-c2ccccn2)c1)c1[c-]c2c3c(ccc4cccc(c43)n2-c2ccccn2)c1.C[Si](C)(c1[c-]c2c3c(ccc4cccc(c43)n2-c2ccccn2)c1)c1[c-]c2c3c(ccc4cccc(c43)n2-c2ccccn2)c1.[Pt+2].[Pt+2]. The molecule has 0 unspecified atom stereocenters. The second-order valence-corrected chi connectivity index (χ2v) is 29.4. The van der Waals surface area contributed by atoms with Crippen LogP contribution in [0.5, 0.6) is 0 Å². The second-order valence-electron chi connectivity index (χ2n) is 25.1. The fourth-order valence-corrected chi connectivity index (χ4v) is 17.1. The van der Waals surface area contributed by atoms with Gasteiger partial charge in [0.15, 0.2) is 0 Å². The quantitative estimate of drug-likeness (QED) is 0.0863. The maximum atomic E-state index is 4.78. The number of aromatic nitrogens is 8. The van der Waals surface area contributed by atoms with Gasteiger partial charge in [0, 0.05) is 46.9 Å². The predicted molar refractivity (Wildman–Crippen MR) is 373 cm³/mol. The van der Waals surface area contributed by atoms with E-state index in [1.807, 2.05) is 61.2 Å². The number of nitrogens with zero attached hydrogens (tertiary/aromatic N) is 8. The van der Waals surface area contributed by atoms with Crippen LogP contribution >= 0.6 is 0 Å². The Morgan fingerprint density at radius 3 is 0.848 bits per heavy atom. The summed E-state index contributed by atoms with van der Waals surface area (Å²) in [5.41, 5.74) is 10.7. The molecule has 0 radical (unpaired) electrons. The molecule has 440 valence electrons. The van der Waals surface area contributed by atoms with Crippen molar-refractivity contribution in [3.05, 3.63) is 279 Å². The summed E-state index contributed by atoms with van der Waals surface area (Å²) in [6, 6.07) is 93.8. The van der Waals surface area contributed by atoms with Crippen LogP contribution in [0.4, 0.5) is 0 Å². The van der Waals surface area contributed by atoms with Gasteiger partial charge >= 0.3 is 42.1 Å². The van der Waals surface area contributed by atoms with E-state index in [1.54, 1.807) is 0 Å². The van der Waals surface area contributed by atoms with Crippen LogP contribution in [0.25, 0.3) is 154 Å². The van der Waals surface area contributed by atoms with Gasteiger partial charge in [-0.3, -0.25) is 0 Å². The summed E-state index contributed by atoms with van der Waals surface area (Å²) in [6.45, 7) is 9.44. The van der Waals surface area contributed by atoms with E-state index in [4.69, 9.17) is 19.9 Å². The monoisotopic (exact) mass is 1550 g/mol. The number of benzene rings is 12. The maximum absolute atomic E-state index is 4.78. The first-order valence-corrected chi connectivity index (χ1v) is 33.7. The van der Waals surface area contributed by atoms with Gasteiger partial charge in [-0.1, -0.05) is 192 Å². The first-order valence-electron chi connectivity index (χ1n) is 30.7. The minimum absolute atomic E-state index is 0. The summed E-state index contributed by atoms with van der Waals surface area (Å²) in [5, 5.41) is 22.4. The Bertz CT molecular complexity index is 5450. The summed E-state index contributed by atoms with van der Waals surface area (Å²) < 4.78 is 9.12. The van der Waals surface area contributed by atoms with Gasteiger partial charge in [-0.15, -0.1) is 21.5 Å². The number of hydrogen-bond donors (Lipinski definition) is 0. The zero-order valence-electron chi connectivity index (χ0n) is 50.3. The number of rotatable bonds is 8. The Labute approximate surface area is 558 Å². The molecular weight excluding hydrogens is 1500 g/mol. The molecule has 0 fully saturated rings. The number of pyridine rings is 4. The van der Waals surface area contributed by atoms with Gasteiger partial charge in [0.05, 0.1) is 8.07 Å². The molecule has 0 saturated carbocycles. The molecule has 92 heavy (non-hydrogen) atoms. The molecule has 8 heterocycles. The third kappa shape index (κ3) is 8.02. The third-order valence-electron chi connectivity index (χ3n) is 19.4. The summed E-state index contributed by atoms with van der Waals surface area (Å²) in [4.78, 5) is 19.1.